The summed E-state index contributed by atoms with van der Waals surface area (Å²) in [6.07, 6.45) is 9.16. The number of aliphatic imine (C=N–C) groups is 1. The number of benzene rings is 1. The molecule has 3 heterocycles. The predicted octanol–water partition coefficient (Wildman–Crippen LogP) is 3.35. The van der Waals surface area contributed by atoms with Crippen LogP contribution in [0.5, 0.6) is 0 Å². The molecule has 7 heteroatoms. The molecule has 0 radical (unpaired) electrons. The molecule has 2 saturated heterocycles. The molecule has 176 valence electrons. The Kier molecular flexibility index (Phi) is 7.68. The van der Waals surface area contributed by atoms with Crippen molar-refractivity contribution in [3.8, 4) is 0 Å². The molecule has 4 rings (SSSR count). The van der Waals surface area contributed by atoms with Gasteiger partial charge in [-0.15, -0.1) is 0 Å². The number of halogens is 1. The minimum Gasteiger partial charge on any atom is -0.361 e. The minimum absolute atomic E-state index is 0.184. The summed E-state index contributed by atoms with van der Waals surface area (Å²) >= 11 is 0. The molecule has 1 aromatic heterocycles. The van der Waals surface area contributed by atoms with Crippen molar-refractivity contribution < 1.29 is 4.39 Å². The number of likely N-dealkylation sites (tertiary alicyclic amines) is 2. The van der Waals surface area contributed by atoms with Crippen LogP contribution in [0.3, 0.4) is 0 Å². The topological polar surface area (TPSA) is 58.7 Å². The fourth-order valence-electron chi connectivity index (χ4n) is 5.22. The molecule has 2 fully saturated rings. The lowest BCUT2D eigenvalue weighted by Crippen LogP contribution is -2.58. The Morgan fingerprint density at radius 2 is 1.91 bits per heavy atom. The number of piperidine rings is 2. The van der Waals surface area contributed by atoms with Crippen molar-refractivity contribution in [1.82, 2.24) is 25.4 Å². The van der Waals surface area contributed by atoms with Crippen molar-refractivity contribution in [2.45, 2.75) is 51.0 Å². The predicted molar refractivity (Wildman–Crippen MR) is 131 cm³/mol. The maximum atomic E-state index is 13.7. The van der Waals surface area contributed by atoms with Crippen LogP contribution in [0.4, 0.5) is 4.39 Å². The Bertz CT molecular complexity index is 893. The first-order chi connectivity index (χ1) is 15.6. The Morgan fingerprint density at radius 1 is 1.12 bits per heavy atom. The third kappa shape index (κ3) is 5.44. The molecule has 3 N–H and O–H groups in total. The Hall–Kier alpha value is -2.12. The van der Waals surface area contributed by atoms with Crippen molar-refractivity contribution in [2.75, 3.05) is 52.9 Å². The van der Waals surface area contributed by atoms with Crippen molar-refractivity contribution in [3.63, 3.8) is 0 Å². The van der Waals surface area contributed by atoms with E-state index in [0.717, 1.165) is 61.6 Å². The summed E-state index contributed by atoms with van der Waals surface area (Å²) in [5.41, 5.74) is 2.29. The van der Waals surface area contributed by atoms with E-state index in [0.29, 0.717) is 0 Å². The van der Waals surface area contributed by atoms with E-state index in [4.69, 9.17) is 4.99 Å². The van der Waals surface area contributed by atoms with Crippen LogP contribution in [0.1, 0.15) is 44.6 Å². The second kappa shape index (κ2) is 10.7. The second-order valence-corrected chi connectivity index (χ2v) is 9.45. The van der Waals surface area contributed by atoms with Gasteiger partial charge in [-0.1, -0.05) is 6.42 Å². The number of nitrogens with zero attached hydrogens (tertiary/aromatic N) is 3. The molecule has 0 unspecified atom stereocenters. The SMILES string of the molecule is CCNC(=NCC1(N2CCCCC2)CCN(C)CC1)NCCc1c[nH]c2ccc(F)cc12. The highest BCUT2D eigenvalue weighted by Gasteiger charge is 2.39. The molecule has 0 spiro atoms. The van der Waals surface area contributed by atoms with Gasteiger partial charge in [0.15, 0.2) is 5.96 Å². The summed E-state index contributed by atoms with van der Waals surface area (Å²) < 4.78 is 13.7. The Balaban J connectivity index is 1.41. The minimum atomic E-state index is -0.192. The van der Waals surface area contributed by atoms with Crippen LogP contribution in [-0.2, 0) is 6.42 Å². The van der Waals surface area contributed by atoms with Gasteiger partial charge < -0.3 is 20.5 Å². The van der Waals surface area contributed by atoms with Crippen LogP contribution >= 0.6 is 0 Å². The largest absolute Gasteiger partial charge is 0.361 e. The molecule has 2 aliphatic rings. The number of H-pyrrole nitrogens is 1. The maximum Gasteiger partial charge on any atom is 0.191 e. The third-order valence-corrected chi connectivity index (χ3v) is 7.24. The van der Waals surface area contributed by atoms with Gasteiger partial charge in [-0.25, -0.2) is 4.39 Å². The highest BCUT2D eigenvalue weighted by atomic mass is 19.1. The van der Waals surface area contributed by atoms with E-state index in [1.54, 1.807) is 12.1 Å². The molecule has 2 aliphatic heterocycles. The molecule has 0 aliphatic carbocycles. The molecule has 6 nitrogen and oxygen atoms in total. The first kappa shape index (κ1) is 23.1. The molecule has 32 heavy (non-hydrogen) atoms. The number of rotatable bonds is 7. The molecule has 0 amide bonds. The molecule has 0 saturated carbocycles. The molecule has 2 aromatic rings. The van der Waals surface area contributed by atoms with Crippen molar-refractivity contribution in [1.29, 1.82) is 0 Å². The molecule has 0 bridgehead atoms. The highest BCUT2D eigenvalue weighted by Crippen LogP contribution is 2.31. The van der Waals surface area contributed by atoms with E-state index >= 15 is 0 Å². The summed E-state index contributed by atoms with van der Waals surface area (Å²) in [5, 5.41) is 7.89. The fraction of sp³-hybridized carbons (Fsp3) is 0.640. The summed E-state index contributed by atoms with van der Waals surface area (Å²) in [4.78, 5) is 13.5. The van der Waals surface area contributed by atoms with Gasteiger partial charge in [-0.2, -0.15) is 0 Å². The lowest BCUT2D eigenvalue weighted by Gasteiger charge is -2.49. The van der Waals surface area contributed by atoms with Gasteiger partial charge >= 0.3 is 0 Å². The normalized spacial score (nSPS) is 20.5. The molecule has 0 atom stereocenters. The Labute approximate surface area is 191 Å². The standard InChI is InChI=1S/C25H39FN6/c1-3-27-24(28-12-9-20-18-29-23-8-7-21(26)17-22(20)23)30-19-25(10-15-31(2)16-11-25)32-13-5-4-6-14-32/h7-8,17-18,29H,3-6,9-16,19H2,1-2H3,(H2,27,28,30). The van der Waals surface area contributed by atoms with E-state index in [9.17, 15) is 4.39 Å². The lowest BCUT2D eigenvalue weighted by molar-refractivity contribution is 0.0208. The fourth-order valence-corrected chi connectivity index (χ4v) is 5.22. The number of aromatic amines is 1. The summed E-state index contributed by atoms with van der Waals surface area (Å²) in [7, 11) is 2.23. The van der Waals surface area contributed by atoms with Crippen molar-refractivity contribution >= 4 is 16.9 Å². The average Bonchev–Trinajstić information content (AvgIpc) is 3.21. The number of fused-ring (bicyclic) bond motifs is 1. The van der Waals surface area contributed by atoms with E-state index in [1.165, 1.54) is 51.3 Å². The van der Waals surface area contributed by atoms with Gasteiger partial charge in [-0.05, 0) is 96.0 Å². The molecular weight excluding hydrogens is 403 g/mol. The molecule has 1 aromatic carbocycles. The van der Waals surface area contributed by atoms with Crippen molar-refractivity contribution in [2.24, 2.45) is 4.99 Å². The van der Waals surface area contributed by atoms with E-state index in [2.05, 4.69) is 39.4 Å². The van der Waals surface area contributed by atoms with Gasteiger partial charge in [-0.3, -0.25) is 9.89 Å². The van der Waals surface area contributed by atoms with Crippen LogP contribution in [0.25, 0.3) is 10.9 Å². The summed E-state index contributed by atoms with van der Waals surface area (Å²) in [6.45, 7) is 9.25. The van der Waals surface area contributed by atoms with Gasteiger partial charge in [0, 0.05) is 35.7 Å². The smallest absolute Gasteiger partial charge is 0.191 e. The Morgan fingerprint density at radius 3 is 2.66 bits per heavy atom. The van der Waals surface area contributed by atoms with Crippen molar-refractivity contribution in [3.05, 3.63) is 35.8 Å². The average molecular weight is 443 g/mol. The zero-order valence-corrected chi connectivity index (χ0v) is 19.7. The number of guanidine groups is 1. The first-order valence-corrected chi connectivity index (χ1v) is 12.3. The van der Waals surface area contributed by atoms with Crippen LogP contribution < -0.4 is 10.6 Å². The van der Waals surface area contributed by atoms with Gasteiger partial charge in [0.1, 0.15) is 5.82 Å². The number of aromatic nitrogens is 1. The monoisotopic (exact) mass is 442 g/mol. The van der Waals surface area contributed by atoms with E-state index in [-0.39, 0.29) is 11.4 Å². The first-order valence-electron chi connectivity index (χ1n) is 12.3. The van der Waals surface area contributed by atoms with E-state index < -0.39 is 0 Å². The lowest BCUT2D eigenvalue weighted by atomic mass is 9.84. The molecular formula is C25H39FN6. The van der Waals surface area contributed by atoms with Crippen LogP contribution in [-0.4, -0.2) is 79.1 Å². The number of hydrogen-bond acceptors (Lipinski definition) is 3. The summed E-state index contributed by atoms with van der Waals surface area (Å²) in [5.74, 6) is 0.691. The third-order valence-electron chi connectivity index (χ3n) is 7.24. The van der Waals surface area contributed by atoms with Gasteiger partial charge in [0.2, 0.25) is 0 Å². The van der Waals surface area contributed by atoms with Gasteiger partial charge in [0.05, 0.1) is 6.54 Å². The highest BCUT2D eigenvalue weighted by molar-refractivity contribution is 5.83. The zero-order valence-electron chi connectivity index (χ0n) is 19.7. The van der Waals surface area contributed by atoms with Crippen LogP contribution in [0, 0.1) is 5.82 Å². The second-order valence-electron chi connectivity index (χ2n) is 9.45. The van der Waals surface area contributed by atoms with Crippen LogP contribution in [0.15, 0.2) is 29.4 Å². The summed E-state index contributed by atoms with van der Waals surface area (Å²) in [6, 6.07) is 4.91. The van der Waals surface area contributed by atoms with Crippen LogP contribution in [0.2, 0.25) is 0 Å². The number of nitrogens with one attached hydrogen (secondary N) is 3. The van der Waals surface area contributed by atoms with Gasteiger partial charge in [0.25, 0.3) is 0 Å². The number of hydrogen-bond donors (Lipinski definition) is 3. The van der Waals surface area contributed by atoms with E-state index in [1.807, 2.05) is 6.20 Å². The maximum absolute atomic E-state index is 13.7. The quantitative estimate of drug-likeness (QED) is 0.455. The zero-order chi connectivity index (χ0) is 22.4.